The van der Waals surface area contributed by atoms with Crippen molar-refractivity contribution in [3.63, 3.8) is 0 Å². The van der Waals surface area contributed by atoms with Gasteiger partial charge in [0.15, 0.2) is 0 Å². The summed E-state index contributed by atoms with van der Waals surface area (Å²) in [4.78, 5) is 2.40. The summed E-state index contributed by atoms with van der Waals surface area (Å²) in [6.45, 7) is 27.6. The fourth-order valence-electron chi connectivity index (χ4n) is 6.00. The predicted octanol–water partition coefficient (Wildman–Crippen LogP) is 10.6. The average Bonchev–Trinajstić information content (AvgIpc) is 3.01. The van der Waals surface area contributed by atoms with Gasteiger partial charge in [-0.25, -0.2) is 0 Å². The number of allylic oxidation sites excluding steroid dienone is 5. The van der Waals surface area contributed by atoms with Crippen LogP contribution in [0.25, 0.3) is 0 Å². The van der Waals surface area contributed by atoms with E-state index in [1.807, 2.05) is 11.8 Å². The highest BCUT2D eigenvalue weighted by Gasteiger charge is 2.51. The summed E-state index contributed by atoms with van der Waals surface area (Å²) in [6.07, 6.45) is 5.54. The van der Waals surface area contributed by atoms with Crippen LogP contribution in [0.5, 0.6) is 5.75 Å². The standard InChI is InChI=1S/C41H52O2SSi/c1-38(2,3)28-23-24-34-32(25-28)37(41(10,11)12)43-45(30-19-15-13-16-20-30,31-21-17-14-18-22-31)42-36-33(40(7,8)9)26-29(39(4,5)6)27-35(36)44-34/h13-24,26-27H,25H2,1-12H3/b37-32-. The maximum absolute atomic E-state index is 7.76. The average molecular weight is 637 g/mol. The number of hydrogen-bond acceptors (Lipinski definition) is 3. The smallest absolute Gasteiger partial charge is 0.509 e. The predicted molar refractivity (Wildman–Crippen MR) is 196 cm³/mol. The quantitative estimate of drug-likeness (QED) is 0.261. The van der Waals surface area contributed by atoms with E-state index in [4.69, 9.17) is 8.85 Å². The van der Waals surface area contributed by atoms with Crippen LogP contribution in [0.15, 0.2) is 112 Å². The molecule has 0 bridgehead atoms. The molecule has 0 unspecified atom stereocenters. The van der Waals surface area contributed by atoms with Crippen LogP contribution in [0.1, 0.15) is 101 Å². The van der Waals surface area contributed by atoms with E-state index in [9.17, 15) is 0 Å². The second-order valence-electron chi connectivity index (χ2n) is 16.7. The molecule has 1 aliphatic heterocycles. The Labute approximate surface area is 278 Å². The van der Waals surface area contributed by atoms with Crippen molar-refractivity contribution in [3.8, 4) is 5.75 Å². The minimum atomic E-state index is -3.41. The van der Waals surface area contributed by atoms with Crippen LogP contribution in [0.3, 0.4) is 0 Å². The number of hydrogen-bond donors (Lipinski definition) is 0. The van der Waals surface area contributed by atoms with E-state index in [1.54, 1.807) is 0 Å². The lowest BCUT2D eigenvalue weighted by molar-refractivity contribution is 0.247. The third-order valence-electron chi connectivity index (χ3n) is 8.77. The first-order valence-electron chi connectivity index (χ1n) is 16.3. The van der Waals surface area contributed by atoms with Crippen molar-refractivity contribution in [3.05, 3.63) is 118 Å². The van der Waals surface area contributed by atoms with Crippen LogP contribution in [-0.4, -0.2) is 8.56 Å². The van der Waals surface area contributed by atoms with Gasteiger partial charge in [0.2, 0.25) is 0 Å². The molecule has 238 valence electrons. The molecule has 2 aliphatic rings. The van der Waals surface area contributed by atoms with Gasteiger partial charge < -0.3 is 8.85 Å². The Morgan fingerprint density at radius 2 is 1.16 bits per heavy atom. The van der Waals surface area contributed by atoms with Crippen molar-refractivity contribution in [2.24, 2.45) is 10.8 Å². The van der Waals surface area contributed by atoms with Crippen molar-refractivity contribution < 1.29 is 8.85 Å². The Morgan fingerprint density at radius 1 is 0.600 bits per heavy atom. The lowest BCUT2D eigenvalue weighted by Crippen LogP contribution is -2.66. The number of thioether (sulfide) groups is 1. The zero-order valence-corrected chi connectivity index (χ0v) is 31.3. The van der Waals surface area contributed by atoms with Gasteiger partial charge in [0.1, 0.15) is 5.75 Å². The van der Waals surface area contributed by atoms with Crippen LogP contribution in [0, 0.1) is 10.8 Å². The monoisotopic (exact) mass is 636 g/mol. The number of fused-ring (bicyclic) bond motifs is 2. The second-order valence-corrected chi connectivity index (χ2v) is 20.6. The zero-order valence-electron chi connectivity index (χ0n) is 29.5. The molecule has 0 amide bonds. The summed E-state index contributed by atoms with van der Waals surface area (Å²) in [6, 6.07) is 26.2. The van der Waals surface area contributed by atoms with E-state index in [0.29, 0.717) is 0 Å². The van der Waals surface area contributed by atoms with Gasteiger partial charge in [0, 0.05) is 26.3 Å². The molecule has 0 radical (unpaired) electrons. The van der Waals surface area contributed by atoms with E-state index in [0.717, 1.165) is 33.2 Å². The van der Waals surface area contributed by atoms with E-state index >= 15 is 0 Å². The van der Waals surface area contributed by atoms with Gasteiger partial charge >= 0.3 is 8.56 Å². The molecule has 2 nitrogen and oxygen atoms in total. The molecule has 45 heavy (non-hydrogen) atoms. The molecule has 0 aromatic heterocycles. The highest BCUT2D eigenvalue weighted by molar-refractivity contribution is 8.03. The molecule has 0 saturated heterocycles. The van der Waals surface area contributed by atoms with Crippen LogP contribution < -0.4 is 14.8 Å². The summed E-state index contributed by atoms with van der Waals surface area (Å²) in [5.41, 5.74) is 4.83. The van der Waals surface area contributed by atoms with Crippen molar-refractivity contribution in [1.29, 1.82) is 0 Å². The van der Waals surface area contributed by atoms with Crippen LogP contribution in [-0.2, 0) is 15.3 Å². The van der Waals surface area contributed by atoms with Gasteiger partial charge in [-0.1, -0.05) is 173 Å². The molecule has 0 saturated carbocycles. The fourth-order valence-corrected chi connectivity index (χ4v) is 10.5. The normalized spacial score (nSPS) is 19.0. The first kappa shape index (κ1) is 33.4. The molecular weight excluding hydrogens is 585 g/mol. The Kier molecular flexibility index (Phi) is 8.68. The van der Waals surface area contributed by atoms with Crippen molar-refractivity contribution in [1.82, 2.24) is 0 Å². The first-order chi connectivity index (χ1) is 20.8. The van der Waals surface area contributed by atoms with Gasteiger partial charge in [-0.15, -0.1) is 0 Å². The molecule has 5 rings (SSSR count). The Hall–Kier alpha value is -2.95. The summed E-state index contributed by atoms with van der Waals surface area (Å²) in [7, 11) is -3.41. The minimum absolute atomic E-state index is 0.0204. The third-order valence-corrected chi connectivity index (χ3v) is 13.1. The van der Waals surface area contributed by atoms with E-state index < -0.39 is 8.56 Å². The first-order valence-corrected chi connectivity index (χ1v) is 19.0. The molecule has 0 atom stereocenters. The van der Waals surface area contributed by atoms with E-state index in [1.165, 1.54) is 27.2 Å². The van der Waals surface area contributed by atoms with E-state index in [2.05, 4.69) is 168 Å². The number of rotatable bonds is 2. The molecule has 3 aromatic carbocycles. The van der Waals surface area contributed by atoms with Gasteiger partial charge in [-0.2, -0.15) is 0 Å². The SMILES string of the molecule is CC(C)(C)C1=CC=C2Sc3cc(C(C)(C)C)cc(C(C)(C)C)c3O[Si](c3ccccc3)(c3ccccc3)O/C(C(C)(C)C)=C\2C1. The summed E-state index contributed by atoms with van der Waals surface area (Å²) < 4.78 is 15.5. The largest absolute Gasteiger partial charge is 0.531 e. The van der Waals surface area contributed by atoms with Crippen LogP contribution in [0.4, 0.5) is 0 Å². The van der Waals surface area contributed by atoms with Crippen molar-refractivity contribution in [2.75, 3.05) is 0 Å². The van der Waals surface area contributed by atoms with E-state index in [-0.39, 0.29) is 21.7 Å². The molecular formula is C41H52O2SSi. The maximum Gasteiger partial charge on any atom is 0.531 e. The summed E-state index contributed by atoms with van der Waals surface area (Å²) in [5, 5.41) is 2.20. The fraction of sp³-hybridized carbons (Fsp3) is 0.415. The molecule has 0 fully saturated rings. The number of benzene rings is 3. The Balaban J connectivity index is 1.97. The van der Waals surface area contributed by atoms with Gasteiger partial charge in [-0.3, -0.25) is 0 Å². The molecule has 0 spiro atoms. The second kappa shape index (κ2) is 11.7. The van der Waals surface area contributed by atoms with Gasteiger partial charge in [0.25, 0.3) is 0 Å². The summed E-state index contributed by atoms with van der Waals surface area (Å²) >= 11 is 1.85. The van der Waals surface area contributed by atoms with Gasteiger partial charge in [-0.05, 0) is 45.9 Å². The highest BCUT2D eigenvalue weighted by atomic mass is 32.2. The maximum atomic E-state index is 7.76. The Morgan fingerprint density at radius 3 is 1.62 bits per heavy atom. The topological polar surface area (TPSA) is 18.5 Å². The zero-order chi connectivity index (χ0) is 33.0. The lowest BCUT2D eigenvalue weighted by atomic mass is 9.78. The minimum Gasteiger partial charge on any atom is -0.509 e. The molecule has 4 heteroatoms. The molecule has 0 N–H and O–H groups in total. The highest BCUT2D eigenvalue weighted by Crippen LogP contribution is 2.52. The molecule has 1 heterocycles. The Bertz CT molecular complexity index is 1610. The summed E-state index contributed by atoms with van der Waals surface area (Å²) in [5.74, 6) is 1.97. The van der Waals surface area contributed by atoms with Crippen LogP contribution >= 0.6 is 11.8 Å². The molecule has 3 aromatic rings. The van der Waals surface area contributed by atoms with Crippen molar-refractivity contribution in [2.45, 2.75) is 105 Å². The lowest BCUT2D eigenvalue weighted by Gasteiger charge is -2.39. The van der Waals surface area contributed by atoms with Crippen LogP contribution in [0.2, 0.25) is 0 Å². The third kappa shape index (κ3) is 6.78. The van der Waals surface area contributed by atoms with Crippen molar-refractivity contribution >= 4 is 30.7 Å². The molecule has 1 aliphatic carbocycles. The van der Waals surface area contributed by atoms with Gasteiger partial charge in [0.05, 0.1) is 10.7 Å².